The third-order valence-electron chi connectivity index (χ3n) is 2.82. The largest absolute Gasteiger partial charge is 0.495 e. The van der Waals surface area contributed by atoms with Gasteiger partial charge in [-0.15, -0.1) is 0 Å². The number of rotatable bonds is 4. The highest BCUT2D eigenvalue weighted by atomic mass is 35.5. The van der Waals surface area contributed by atoms with Gasteiger partial charge in [-0.1, -0.05) is 23.2 Å². The number of halogens is 2. The number of methoxy groups -OCH3 is 2. The number of thiocarbonyl (C=S) groups is 1. The fraction of sp³-hybridized carbons (Fsp3) is 0.133. The number of nitrogens with one attached hydrogen (secondary N) is 2. The van der Waals surface area contributed by atoms with E-state index in [1.165, 1.54) is 0 Å². The van der Waals surface area contributed by atoms with E-state index in [0.29, 0.717) is 38.0 Å². The standard InChI is InChI=1S/C15H14Cl2N2O2S/c1-20-13-5-3-9(16)7-11(13)18-15(22)19-12-8-10(17)4-6-14(12)21-2/h3-8H,1-2H3,(H2,18,19,22). The van der Waals surface area contributed by atoms with Crippen LogP contribution >= 0.6 is 35.4 Å². The Hall–Kier alpha value is -1.69. The van der Waals surface area contributed by atoms with Gasteiger partial charge in [-0.05, 0) is 48.6 Å². The molecule has 7 heteroatoms. The first-order chi connectivity index (χ1) is 10.5. The van der Waals surface area contributed by atoms with Gasteiger partial charge in [0.15, 0.2) is 5.11 Å². The van der Waals surface area contributed by atoms with Gasteiger partial charge in [-0.2, -0.15) is 0 Å². The number of hydrogen-bond donors (Lipinski definition) is 2. The third kappa shape index (κ3) is 4.16. The van der Waals surface area contributed by atoms with Crippen LogP contribution in [0.25, 0.3) is 0 Å². The fourth-order valence-corrected chi connectivity index (χ4v) is 2.40. The van der Waals surface area contributed by atoms with Gasteiger partial charge >= 0.3 is 0 Å². The van der Waals surface area contributed by atoms with Crippen LogP contribution in [-0.4, -0.2) is 19.3 Å². The van der Waals surface area contributed by atoms with Crippen molar-refractivity contribution in [3.63, 3.8) is 0 Å². The molecular weight excluding hydrogens is 343 g/mol. The van der Waals surface area contributed by atoms with Gasteiger partial charge in [0.1, 0.15) is 11.5 Å². The SMILES string of the molecule is COc1ccc(Cl)cc1NC(=S)Nc1cc(Cl)ccc1OC. The first kappa shape index (κ1) is 16.7. The van der Waals surface area contributed by atoms with E-state index in [1.807, 2.05) is 0 Å². The van der Waals surface area contributed by atoms with Gasteiger partial charge < -0.3 is 20.1 Å². The molecule has 2 N–H and O–H groups in total. The van der Waals surface area contributed by atoms with Gasteiger partial charge in [0.25, 0.3) is 0 Å². The van der Waals surface area contributed by atoms with Gasteiger partial charge in [0.05, 0.1) is 25.6 Å². The average molecular weight is 357 g/mol. The van der Waals surface area contributed by atoms with Crippen LogP contribution in [0.3, 0.4) is 0 Å². The summed E-state index contributed by atoms with van der Waals surface area (Å²) in [5, 5.41) is 7.58. The molecule has 0 unspecified atom stereocenters. The Labute approximate surface area is 144 Å². The van der Waals surface area contributed by atoms with Crippen LogP contribution in [-0.2, 0) is 0 Å². The predicted octanol–water partition coefficient (Wildman–Crippen LogP) is 4.82. The molecule has 22 heavy (non-hydrogen) atoms. The van der Waals surface area contributed by atoms with E-state index in [1.54, 1.807) is 50.6 Å². The summed E-state index contributed by atoms with van der Waals surface area (Å²) in [5.74, 6) is 1.26. The van der Waals surface area contributed by atoms with Crippen molar-refractivity contribution in [2.24, 2.45) is 0 Å². The second-order valence-electron chi connectivity index (χ2n) is 4.27. The van der Waals surface area contributed by atoms with Crippen LogP contribution in [0, 0.1) is 0 Å². The van der Waals surface area contributed by atoms with Gasteiger partial charge in [-0.3, -0.25) is 0 Å². The molecule has 0 amide bonds. The predicted molar refractivity (Wildman–Crippen MR) is 95.9 cm³/mol. The molecule has 0 heterocycles. The number of anilines is 2. The number of hydrogen-bond acceptors (Lipinski definition) is 3. The lowest BCUT2D eigenvalue weighted by molar-refractivity contribution is 0.417. The lowest BCUT2D eigenvalue weighted by Crippen LogP contribution is -2.20. The van der Waals surface area contributed by atoms with Crippen LogP contribution in [0.5, 0.6) is 11.5 Å². The zero-order valence-corrected chi connectivity index (χ0v) is 14.3. The molecule has 0 aliphatic carbocycles. The number of ether oxygens (including phenoxy) is 2. The molecule has 0 aromatic heterocycles. The van der Waals surface area contributed by atoms with E-state index in [2.05, 4.69) is 10.6 Å². The molecule has 0 saturated heterocycles. The maximum absolute atomic E-state index is 5.99. The average Bonchev–Trinajstić information content (AvgIpc) is 2.47. The van der Waals surface area contributed by atoms with Crippen molar-refractivity contribution in [3.8, 4) is 11.5 Å². The Morgan fingerprint density at radius 1 is 0.864 bits per heavy atom. The molecule has 0 spiro atoms. The van der Waals surface area contributed by atoms with Crippen molar-refractivity contribution < 1.29 is 9.47 Å². The molecule has 2 rings (SSSR count). The quantitative estimate of drug-likeness (QED) is 0.768. The first-order valence-corrected chi connectivity index (χ1v) is 7.45. The van der Waals surface area contributed by atoms with E-state index in [4.69, 9.17) is 44.9 Å². The summed E-state index contributed by atoms with van der Waals surface area (Å²) in [6.07, 6.45) is 0. The van der Waals surface area contributed by atoms with Crippen LogP contribution in [0.15, 0.2) is 36.4 Å². The topological polar surface area (TPSA) is 42.5 Å². The Morgan fingerprint density at radius 2 is 1.27 bits per heavy atom. The summed E-state index contributed by atoms with van der Waals surface area (Å²) in [5.41, 5.74) is 1.32. The Morgan fingerprint density at radius 3 is 1.64 bits per heavy atom. The van der Waals surface area contributed by atoms with Crippen molar-refractivity contribution in [1.29, 1.82) is 0 Å². The minimum Gasteiger partial charge on any atom is -0.495 e. The van der Waals surface area contributed by atoms with Crippen LogP contribution in [0.2, 0.25) is 10.0 Å². The Kier molecular flexibility index (Phi) is 5.71. The molecule has 0 radical (unpaired) electrons. The highest BCUT2D eigenvalue weighted by molar-refractivity contribution is 7.80. The van der Waals surface area contributed by atoms with Crippen molar-refractivity contribution in [2.75, 3.05) is 24.9 Å². The zero-order valence-electron chi connectivity index (χ0n) is 11.9. The highest BCUT2D eigenvalue weighted by Crippen LogP contribution is 2.30. The smallest absolute Gasteiger partial charge is 0.175 e. The highest BCUT2D eigenvalue weighted by Gasteiger charge is 2.09. The van der Waals surface area contributed by atoms with E-state index in [-0.39, 0.29) is 0 Å². The molecule has 0 atom stereocenters. The lowest BCUT2D eigenvalue weighted by atomic mass is 10.3. The summed E-state index contributed by atoms with van der Waals surface area (Å²) < 4.78 is 10.5. The second kappa shape index (κ2) is 7.54. The maximum Gasteiger partial charge on any atom is 0.175 e. The second-order valence-corrected chi connectivity index (χ2v) is 5.55. The molecule has 0 fully saturated rings. The minimum absolute atomic E-state index is 0.362. The molecule has 0 aliphatic rings. The third-order valence-corrected chi connectivity index (χ3v) is 3.49. The zero-order chi connectivity index (χ0) is 16.1. The van der Waals surface area contributed by atoms with Crippen molar-refractivity contribution in [3.05, 3.63) is 46.4 Å². The van der Waals surface area contributed by atoms with Gasteiger partial charge in [0, 0.05) is 10.0 Å². The summed E-state index contributed by atoms with van der Waals surface area (Å²) in [6.45, 7) is 0. The molecule has 0 saturated carbocycles. The molecular formula is C15H14Cl2N2O2S. The van der Waals surface area contributed by atoms with E-state index >= 15 is 0 Å². The van der Waals surface area contributed by atoms with Crippen LogP contribution in [0.4, 0.5) is 11.4 Å². The van der Waals surface area contributed by atoms with Crippen LogP contribution in [0.1, 0.15) is 0 Å². The van der Waals surface area contributed by atoms with Gasteiger partial charge in [-0.25, -0.2) is 0 Å². The van der Waals surface area contributed by atoms with E-state index in [9.17, 15) is 0 Å². The first-order valence-electron chi connectivity index (χ1n) is 6.28. The molecule has 0 bridgehead atoms. The Balaban J connectivity index is 2.17. The fourth-order valence-electron chi connectivity index (χ4n) is 1.83. The molecule has 2 aromatic carbocycles. The maximum atomic E-state index is 5.99. The van der Waals surface area contributed by atoms with Gasteiger partial charge in [0.2, 0.25) is 0 Å². The minimum atomic E-state index is 0.362. The van der Waals surface area contributed by atoms with E-state index in [0.717, 1.165) is 0 Å². The summed E-state index contributed by atoms with van der Waals surface area (Å²) in [7, 11) is 3.15. The molecule has 4 nitrogen and oxygen atoms in total. The summed E-state index contributed by atoms with van der Waals surface area (Å²) in [4.78, 5) is 0. The molecule has 0 aliphatic heterocycles. The molecule has 116 valence electrons. The summed E-state index contributed by atoms with van der Waals surface area (Å²) >= 11 is 17.3. The Bertz CT molecular complexity index is 638. The summed E-state index contributed by atoms with van der Waals surface area (Å²) in [6, 6.07) is 10.4. The molecule has 2 aromatic rings. The normalized spacial score (nSPS) is 10.0. The van der Waals surface area contributed by atoms with Crippen LogP contribution < -0.4 is 20.1 Å². The van der Waals surface area contributed by atoms with Crippen molar-refractivity contribution >= 4 is 51.9 Å². The van der Waals surface area contributed by atoms with Crippen molar-refractivity contribution in [1.82, 2.24) is 0 Å². The lowest BCUT2D eigenvalue weighted by Gasteiger charge is -2.15. The van der Waals surface area contributed by atoms with E-state index < -0.39 is 0 Å². The van der Waals surface area contributed by atoms with Crippen molar-refractivity contribution in [2.45, 2.75) is 0 Å². The monoisotopic (exact) mass is 356 g/mol. The number of benzene rings is 2.